The van der Waals surface area contributed by atoms with E-state index in [9.17, 15) is 13.0 Å². The molecule has 0 heterocycles. The van der Waals surface area contributed by atoms with Crippen LogP contribution in [-0.4, -0.2) is 13.0 Å². The topological polar surface area (TPSA) is 54.4 Å². The van der Waals surface area contributed by atoms with Crippen molar-refractivity contribution >= 4 is 10.1 Å². The fraction of sp³-hybridized carbons (Fsp3) is 0.889. The lowest BCUT2D eigenvalue weighted by molar-refractivity contribution is 0.128. The van der Waals surface area contributed by atoms with Crippen LogP contribution in [0, 0.1) is 57.7 Å². The summed E-state index contributed by atoms with van der Waals surface area (Å²) in [4.78, 5) is 0.429. The maximum atomic E-state index is 13.2. The maximum Gasteiger partial charge on any atom is 0.291 e. The molecule has 4 rings (SSSR count). The summed E-state index contributed by atoms with van der Waals surface area (Å²) in [6, 6.07) is 0. The number of rotatable bonds is 4. The molecule has 0 aliphatic heterocycles. The van der Waals surface area contributed by atoms with Crippen LogP contribution < -0.4 is 0 Å². The largest absolute Gasteiger partial charge is 0.291 e. The maximum absolute atomic E-state index is 13.2. The van der Waals surface area contributed by atoms with Gasteiger partial charge in [0.2, 0.25) is 0 Å². The Kier molecular flexibility index (Phi) is 9.54. The Labute approximate surface area is 248 Å². The molecular formula is C36H62O3S. The zero-order valence-electron chi connectivity index (χ0n) is 27.5. The average Bonchev–Trinajstić information content (AvgIpc) is 2.86. The highest BCUT2D eigenvalue weighted by Gasteiger charge is 2.43. The fourth-order valence-corrected chi connectivity index (χ4v) is 10.4. The molecule has 1 N–H and O–H groups in total. The van der Waals surface area contributed by atoms with Gasteiger partial charge in [0, 0.05) is 5.92 Å². The van der Waals surface area contributed by atoms with Gasteiger partial charge in [-0.25, -0.2) is 0 Å². The molecule has 3 nitrogen and oxygen atoms in total. The Morgan fingerprint density at radius 3 is 1.35 bits per heavy atom. The zero-order chi connectivity index (χ0) is 29.7. The first-order chi connectivity index (χ1) is 18.4. The fourth-order valence-electron chi connectivity index (χ4n) is 9.20. The molecule has 3 saturated carbocycles. The first kappa shape index (κ1) is 32.3. The predicted octanol–water partition coefficient (Wildman–Crippen LogP) is 10.6. The van der Waals surface area contributed by atoms with E-state index in [1.165, 1.54) is 44.1 Å². The minimum absolute atomic E-state index is 0.0494. The lowest BCUT2D eigenvalue weighted by Gasteiger charge is -2.44. The van der Waals surface area contributed by atoms with Gasteiger partial charge in [-0.3, -0.25) is 4.55 Å². The molecule has 0 aromatic carbocycles. The molecule has 3 fully saturated rings. The van der Waals surface area contributed by atoms with Crippen molar-refractivity contribution in [2.24, 2.45) is 57.7 Å². The van der Waals surface area contributed by atoms with Crippen molar-refractivity contribution in [1.29, 1.82) is 0 Å². The molecule has 4 aliphatic carbocycles. The normalized spacial score (nSPS) is 35.5. The molecule has 0 amide bonds. The van der Waals surface area contributed by atoms with Gasteiger partial charge in [-0.05, 0) is 141 Å². The molecule has 40 heavy (non-hydrogen) atoms. The van der Waals surface area contributed by atoms with Crippen LogP contribution in [-0.2, 0) is 10.1 Å². The van der Waals surface area contributed by atoms with E-state index in [1.54, 1.807) is 0 Å². The van der Waals surface area contributed by atoms with Crippen LogP contribution in [0.5, 0.6) is 0 Å². The van der Waals surface area contributed by atoms with Crippen molar-refractivity contribution < 1.29 is 13.0 Å². The van der Waals surface area contributed by atoms with Gasteiger partial charge in [0.1, 0.15) is 0 Å². The summed E-state index contributed by atoms with van der Waals surface area (Å²) < 4.78 is 37.3. The number of hydrogen-bond acceptors (Lipinski definition) is 2. The zero-order valence-corrected chi connectivity index (χ0v) is 28.3. The summed E-state index contributed by atoms with van der Waals surface area (Å²) >= 11 is 0. The second kappa shape index (κ2) is 11.8. The SMILES string of the molecule is CC(C)(C)C1CCC(C2=CC(C3CCC(C(C)(C)C)CC3)=C(S(=O)(=O)O)C(C3CCC(C(C)(C)C)CC3)C2)CC1. The smallest absolute Gasteiger partial charge is 0.282 e. The summed E-state index contributed by atoms with van der Waals surface area (Å²) in [6.45, 7) is 21.2. The molecule has 1 atom stereocenters. The van der Waals surface area contributed by atoms with Gasteiger partial charge in [-0.2, -0.15) is 8.42 Å². The van der Waals surface area contributed by atoms with Gasteiger partial charge in [0.25, 0.3) is 10.1 Å². The Hall–Kier alpha value is -0.610. The van der Waals surface area contributed by atoms with E-state index in [4.69, 9.17) is 0 Å². The number of allylic oxidation sites excluding steroid dienone is 4. The third kappa shape index (κ3) is 7.47. The van der Waals surface area contributed by atoms with E-state index in [-0.39, 0.29) is 11.8 Å². The van der Waals surface area contributed by atoms with E-state index < -0.39 is 10.1 Å². The van der Waals surface area contributed by atoms with E-state index in [0.29, 0.717) is 44.8 Å². The molecule has 4 aliphatic rings. The monoisotopic (exact) mass is 574 g/mol. The second-order valence-corrected chi connectivity index (χ2v) is 19.0. The van der Waals surface area contributed by atoms with Gasteiger partial charge in [0.15, 0.2) is 0 Å². The van der Waals surface area contributed by atoms with Gasteiger partial charge in [-0.1, -0.05) is 74.0 Å². The van der Waals surface area contributed by atoms with Crippen LogP contribution in [0.25, 0.3) is 0 Å². The molecule has 0 saturated heterocycles. The molecule has 0 radical (unpaired) electrons. The van der Waals surface area contributed by atoms with E-state index in [1.807, 2.05) is 0 Å². The number of hydrogen-bond donors (Lipinski definition) is 1. The molecule has 1 unspecified atom stereocenters. The van der Waals surface area contributed by atoms with E-state index >= 15 is 0 Å². The quantitative estimate of drug-likeness (QED) is 0.340. The van der Waals surface area contributed by atoms with Crippen LogP contribution in [0.15, 0.2) is 22.1 Å². The summed E-state index contributed by atoms with van der Waals surface area (Å²) in [6.07, 6.45) is 17.1. The van der Waals surface area contributed by atoms with Crippen molar-refractivity contribution in [3.63, 3.8) is 0 Å². The Balaban J connectivity index is 1.66. The predicted molar refractivity (Wildman–Crippen MR) is 169 cm³/mol. The lowest BCUT2D eigenvalue weighted by atomic mass is 9.62. The third-order valence-electron chi connectivity index (χ3n) is 12.1. The first-order valence-corrected chi connectivity index (χ1v) is 18.2. The van der Waals surface area contributed by atoms with Crippen molar-refractivity contribution in [2.75, 3.05) is 0 Å². The van der Waals surface area contributed by atoms with Gasteiger partial charge < -0.3 is 0 Å². The molecular weight excluding hydrogens is 512 g/mol. The van der Waals surface area contributed by atoms with Crippen LogP contribution in [0.2, 0.25) is 0 Å². The van der Waals surface area contributed by atoms with E-state index in [0.717, 1.165) is 56.4 Å². The van der Waals surface area contributed by atoms with Crippen molar-refractivity contribution in [2.45, 2.75) is 146 Å². The summed E-state index contributed by atoms with van der Waals surface area (Å²) in [5.41, 5.74) is 3.47. The average molecular weight is 575 g/mol. The molecule has 4 heteroatoms. The van der Waals surface area contributed by atoms with Crippen LogP contribution in [0.4, 0.5) is 0 Å². The van der Waals surface area contributed by atoms with E-state index in [2.05, 4.69) is 68.4 Å². The second-order valence-electron chi connectivity index (χ2n) is 17.6. The third-order valence-corrected chi connectivity index (χ3v) is 13.2. The Bertz CT molecular complexity index is 1030. The minimum Gasteiger partial charge on any atom is -0.282 e. The molecule has 0 bridgehead atoms. The minimum atomic E-state index is -4.25. The summed E-state index contributed by atoms with van der Waals surface area (Å²) in [5.74, 6) is 3.27. The van der Waals surface area contributed by atoms with Crippen LogP contribution in [0.3, 0.4) is 0 Å². The molecule has 0 spiro atoms. The van der Waals surface area contributed by atoms with Crippen molar-refractivity contribution in [3.8, 4) is 0 Å². The van der Waals surface area contributed by atoms with Gasteiger partial charge >= 0.3 is 0 Å². The highest BCUT2D eigenvalue weighted by Crippen LogP contribution is 2.53. The Morgan fingerprint density at radius 1 is 0.600 bits per heavy atom. The van der Waals surface area contributed by atoms with Crippen molar-refractivity contribution in [1.82, 2.24) is 0 Å². The van der Waals surface area contributed by atoms with Gasteiger partial charge in [-0.15, -0.1) is 0 Å². The van der Waals surface area contributed by atoms with Crippen molar-refractivity contribution in [3.05, 3.63) is 22.1 Å². The van der Waals surface area contributed by atoms with Crippen LogP contribution in [0.1, 0.15) is 146 Å². The first-order valence-electron chi connectivity index (χ1n) is 16.8. The summed E-state index contributed by atoms with van der Waals surface area (Å²) in [5, 5.41) is 0. The Morgan fingerprint density at radius 2 is 0.975 bits per heavy atom. The lowest BCUT2D eigenvalue weighted by Crippen LogP contribution is -2.35. The molecule has 230 valence electrons. The van der Waals surface area contributed by atoms with Crippen LogP contribution >= 0.6 is 0 Å². The summed E-state index contributed by atoms with van der Waals surface area (Å²) in [7, 11) is -4.25. The standard InChI is InChI=1S/C36H62O3S/c1-34(2,3)28-16-10-24(11-17-28)27-22-31(25-12-18-29(19-13-25)35(4,5)6)33(40(37,38)39)32(23-27)26-14-20-30(21-15-26)36(7,8)9/h22,24-26,28-30,32H,10-21,23H2,1-9H3,(H,37,38,39). The molecule has 0 aromatic rings. The van der Waals surface area contributed by atoms with Gasteiger partial charge in [0.05, 0.1) is 4.91 Å². The highest BCUT2D eigenvalue weighted by molar-refractivity contribution is 7.89. The molecule has 0 aromatic heterocycles. The highest BCUT2D eigenvalue weighted by atomic mass is 32.2.